The van der Waals surface area contributed by atoms with E-state index in [1.165, 1.54) is 22.4 Å². The zero-order valence-corrected chi connectivity index (χ0v) is 20.0. The van der Waals surface area contributed by atoms with Crippen LogP contribution in [-0.2, 0) is 4.79 Å². The van der Waals surface area contributed by atoms with Crippen molar-refractivity contribution in [3.05, 3.63) is 64.8 Å². The average molecular weight is 432 g/mol. The van der Waals surface area contributed by atoms with Crippen LogP contribution in [0.3, 0.4) is 0 Å². The number of nitrogens with zero attached hydrogens (tertiary/aromatic N) is 1. The first kappa shape index (κ1) is 21.7. The van der Waals surface area contributed by atoms with Crippen LogP contribution in [-0.4, -0.2) is 30.6 Å². The van der Waals surface area contributed by atoms with Gasteiger partial charge in [0.25, 0.3) is 0 Å². The van der Waals surface area contributed by atoms with Crippen molar-refractivity contribution >= 4 is 11.5 Å². The Morgan fingerprint density at radius 1 is 1.09 bits per heavy atom. The minimum atomic E-state index is -0.733. The van der Waals surface area contributed by atoms with Crippen molar-refractivity contribution in [1.29, 1.82) is 0 Å². The summed E-state index contributed by atoms with van der Waals surface area (Å²) in [4.78, 5) is 14.3. The molecule has 1 aromatic rings. The summed E-state index contributed by atoms with van der Waals surface area (Å²) in [6.07, 6.45) is 12.6. The van der Waals surface area contributed by atoms with E-state index in [1.54, 1.807) is 5.57 Å². The molecular weight excluding hydrogens is 394 g/mol. The zero-order chi connectivity index (χ0) is 22.7. The largest absolute Gasteiger partial charge is 0.385 e. The van der Waals surface area contributed by atoms with Gasteiger partial charge in [-0.1, -0.05) is 36.8 Å². The molecule has 4 aliphatic rings. The fraction of sp³-hybridized carbons (Fsp3) is 0.552. The van der Waals surface area contributed by atoms with E-state index >= 15 is 0 Å². The van der Waals surface area contributed by atoms with Crippen LogP contribution in [0, 0.1) is 17.3 Å². The van der Waals surface area contributed by atoms with Crippen LogP contribution in [0.15, 0.2) is 59.2 Å². The van der Waals surface area contributed by atoms with Gasteiger partial charge in [-0.15, -0.1) is 0 Å². The van der Waals surface area contributed by atoms with Crippen LogP contribution in [0.2, 0.25) is 0 Å². The summed E-state index contributed by atoms with van der Waals surface area (Å²) < 4.78 is 0. The van der Waals surface area contributed by atoms with Crippen molar-refractivity contribution in [3.63, 3.8) is 0 Å². The molecule has 2 saturated carbocycles. The van der Waals surface area contributed by atoms with E-state index in [0.717, 1.165) is 38.5 Å². The summed E-state index contributed by atoms with van der Waals surface area (Å²) in [6.45, 7) is 4.38. The Hall–Kier alpha value is -2.13. The molecule has 1 unspecified atom stereocenters. The average Bonchev–Trinajstić information content (AvgIpc) is 3.03. The van der Waals surface area contributed by atoms with Crippen molar-refractivity contribution in [3.8, 4) is 0 Å². The highest BCUT2D eigenvalue weighted by atomic mass is 16.3. The van der Waals surface area contributed by atoms with Crippen molar-refractivity contribution in [2.24, 2.45) is 17.3 Å². The fourth-order valence-corrected chi connectivity index (χ4v) is 7.55. The first-order valence-electron chi connectivity index (χ1n) is 12.4. The van der Waals surface area contributed by atoms with Crippen LogP contribution >= 0.6 is 0 Å². The van der Waals surface area contributed by atoms with E-state index in [2.05, 4.69) is 56.3 Å². The molecule has 0 radical (unpaired) electrons. The normalized spacial score (nSPS) is 36.6. The number of rotatable bonds is 3. The summed E-state index contributed by atoms with van der Waals surface area (Å²) in [7, 11) is 4.16. The maximum atomic E-state index is 12.2. The molecule has 3 nitrogen and oxygen atoms in total. The molecule has 5 atom stereocenters. The van der Waals surface area contributed by atoms with Gasteiger partial charge in [0, 0.05) is 37.5 Å². The first-order valence-corrected chi connectivity index (χ1v) is 12.4. The van der Waals surface area contributed by atoms with Gasteiger partial charge < -0.3 is 10.0 Å². The monoisotopic (exact) mass is 431 g/mol. The van der Waals surface area contributed by atoms with E-state index in [4.69, 9.17) is 0 Å². The van der Waals surface area contributed by atoms with Gasteiger partial charge >= 0.3 is 0 Å². The third-order valence-electron chi connectivity index (χ3n) is 9.20. The Balaban J connectivity index is 1.66. The SMILES string of the molecule is C/C=C/[C@]1(O)CC[C@H]2[C@@H]3CCC4=CC(=O)CCC4=C3[C@@H](c3ccc(N(C)C)cc3)CC21C. The summed E-state index contributed by atoms with van der Waals surface area (Å²) in [5, 5.41) is 11.8. The minimum Gasteiger partial charge on any atom is -0.385 e. The van der Waals surface area contributed by atoms with Gasteiger partial charge in [-0.05, 0) is 92.2 Å². The van der Waals surface area contributed by atoms with E-state index in [0.29, 0.717) is 30.0 Å². The van der Waals surface area contributed by atoms with Crippen molar-refractivity contribution in [2.45, 2.75) is 70.3 Å². The summed E-state index contributed by atoms with van der Waals surface area (Å²) >= 11 is 0. The van der Waals surface area contributed by atoms with Gasteiger partial charge in [-0.25, -0.2) is 0 Å². The van der Waals surface area contributed by atoms with Crippen LogP contribution < -0.4 is 4.90 Å². The Morgan fingerprint density at radius 3 is 2.53 bits per heavy atom. The maximum absolute atomic E-state index is 12.2. The first-order chi connectivity index (χ1) is 15.3. The van der Waals surface area contributed by atoms with E-state index in [9.17, 15) is 9.90 Å². The predicted molar refractivity (Wildman–Crippen MR) is 131 cm³/mol. The molecule has 0 heterocycles. The van der Waals surface area contributed by atoms with Gasteiger partial charge in [0.15, 0.2) is 5.78 Å². The molecule has 4 aliphatic carbocycles. The molecule has 170 valence electrons. The third kappa shape index (κ3) is 3.15. The summed E-state index contributed by atoms with van der Waals surface area (Å²) in [5.41, 5.74) is 6.07. The quantitative estimate of drug-likeness (QED) is 0.600. The molecule has 0 bridgehead atoms. The second-order valence-corrected chi connectivity index (χ2v) is 10.9. The Kier molecular flexibility index (Phi) is 5.24. The third-order valence-corrected chi connectivity index (χ3v) is 9.20. The van der Waals surface area contributed by atoms with E-state index in [1.807, 2.05) is 19.1 Å². The molecule has 2 fully saturated rings. The number of anilines is 1. The van der Waals surface area contributed by atoms with Crippen molar-refractivity contribution < 1.29 is 9.90 Å². The molecule has 0 aliphatic heterocycles. The van der Waals surface area contributed by atoms with Crippen molar-refractivity contribution in [2.75, 3.05) is 19.0 Å². The van der Waals surface area contributed by atoms with Gasteiger partial charge in [0.05, 0.1) is 5.60 Å². The molecule has 0 amide bonds. The highest BCUT2D eigenvalue weighted by Crippen LogP contribution is 2.67. The molecule has 0 spiro atoms. The number of hydrogen-bond acceptors (Lipinski definition) is 3. The predicted octanol–water partition coefficient (Wildman–Crippen LogP) is 5.96. The number of fused-ring (bicyclic) bond motifs is 4. The fourth-order valence-electron chi connectivity index (χ4n) is 7.55. The summed E-state index contributed by atoms with van der Waals surface area (Å²) in [6, 6.07) is 9.04. The number of ketones is 1. The van der Waals surface area contributed by atoms with Crippen LogP contribution in [0.1, 0.15) is 70.3 Å². The van der Waals surface area contributed by atoms with Crippen LogP contribution in [0.25, 0.3) is 0 Å². The number of allylic oxidation sites excluding steroid dienone is 5. The lowest BCUT2D eigenvalue weighted by Crippen LogP contribution is -2.50. The number of carbonyl (C=O) groups excluding carboxylic acids is 1. The lowest BCUT2D eigenvalue weighted by Gasteiger charge is -2.54. The second kappa shape index (κ2) is 7.73. The maximum Gasteiger partial charge on any atom is 0.156 e. The van der Waals surface area contributed by atoms with Crippen LogP contribution in [0.5, 0.6) is 0 Å². The molecule has 32 heavy (non-hydrogen) atoms. The second-order valence-electron chi connectivity index (χ2n) is 10.9. The highest BCUT2D eigenvalue weighted by molar-refractivity contribution is 5.93. The Bertz CT molecular complexity index is 1010. The molecule has 0 aromatic heterocycles. The number of aliphatic hydroxyl groups is 1. The lowest BCUT2D eigenvalue weighted by atomic mass is 9.51. The topological polar surface area (TPSA) is 40.5 Å². The van der Waals surface area contributed by atoms with Gasteiger partial charge in [-0.3, -0.25) is 4.79 Å². The van der Waals surface area contributed by atoms with E-state index < -0.39 is 5.60 Å². The number of hydrogen-bond donors (Lipinski definition) is 1. The molecular formula is C29H37NO2. The lowest BCUT2D eigenvalue weighted by molar-refractivity contribution is -0.114. The number of carbonyl (C=O) groups is 1. The van der Waals surface area contributed by atoms with Gasteiger partial charge in [0.1, 0.15) is 0 Å². The summed E-state index contributed by atoms with van der Waals surface area (Å²) in [5.74, 6) is 1.60. The molecule has 1 N–H and O–H groups in total. The van der Waals surface area contributed by atoms with Gasteiger partial charge in [0.2, 0.25) is 0 Å². The standard InChI is InChI=1S/C29H37NO2/c1-5-15-29(32)16-14-26-24-12-8-20-17-22(31)11-13-23(20)27(24)25(18-28(26,29)2)19-6-9-21(10-7-19)30(3)4/h5-7,9-10,15,17,24-26,32H,8,11-14,16,18H2,1-4H3/b15-5+/t24-,25+,26-,28?,29-/m0/s1. The zero-order valence-electron chi connectivity index (χ0n) is 20.0. The Morgan fingerprint density at radius 2 is 1.84 bits per heavy atom. The van der Waals surface area contributed by atoms with Crippen LogP contribution in [0.4, 0.5) is 5.69 Å². The minimum absolute atomic E-state index is 0.134. The number of benzene rings is 1. The highest BCUT2D eigenvalue weighted by Gasteiger charge is 2.61. The molecule has 3 heteroatoms. The van der Waals surface area contributed by atoms with E-state index in [-0.39, 0.29) is 5.41 Å². The smallest absolute Gasteiger partial charge is 0.156 e. The molecule has 5 rings (SSSR count). The molecule has 1 aromatic carbocycles. The molecule has 0 saturated heterocycles. The van der Waals surface area contributed by atoms with Crippen molar-refractivity contribution in [1.82, 2.24) is 0 Å². The van der Waals surface area contributed by atoms with Gasteiger partial charge in [-0.2, -0.15) is 0 Å². The Labute approximate surface area is 192 Å².